The standard InChI is InChI=1S/C20H21Cl3N2O/c1-13-16(21)6-3-9-19(13)24-20(26)14-5-4-10-25(11-14)12-15-17(22)7-2-8-18(15)23/h2-3,6-9,14H,4-5,10-12H2,1H3,(H,24,26)/t14-/m1/s1. The zero-order chi connectivity index (χ0) is 18.7. The fourth-order valence-electron chi connectivity index (χ4n) is 3.30. The molecule has 0 bridgehead atoms. The maximum Gasteiger partial charge on any atom is 0.228 e. The second-order valence-electron chi connectivity index (χ2n) is 6.68. The van der Waals surface area contributed by atoms with Crippen LogP contribution >= 0.6 is 34.8 Å². The summed E-state index contributed by atoms with van der Waals surface area (Å²) in [6, 6.07) is 11.1. The van der Waals surface area contributed by atoms with Crippen LogP contribution in [0.25, 0.3) is 0 Å². The number of anilines is 1. The Morgan fingerprint density at radius 2 is 1.77 bits per heavy atom. The van der Waals surface area contributed by atoms with Gasteiger partial charge in [0.2, 0.25) is 5.91 Å². The van der Waals surface area contributed by atoms with Crippen molar-refractivity contribution in [2.24, 2.45) is 5.92 Å². The van der Waals surface area contributed by atoms with Gasteiger partial charge in [-0.25, -0.2) is 0 Å². The van der Waals surface area contributed by atoms with Crippen molar-refractivity contribution in [1.82, 2.24) is 4.90 Å². The van der Waals surface area contributed by atoms with Gasteiger partial charge in [0.15, 0.2) is 0 Å². The van der Waals surface area contributed by atoms with Crippen LogP contribution in [0.1, 0.15) is 24.0 Å². The minimum atomic E-state index is -0.0663. The highest BCUT2D eigenvalue weighted by Gasteiger charge is 2.27. The highest BCUT2D eigenvalue weighted by molar-refractivity contribution is 6.36. The van der Waals surface area contributed by atoms with Crippen molar-refractivity contribution in [2.45, 2.75) is 26.3 Å². The average Bonchev–Trinajstić information content (AvgIpc) is 2.62. The van der Waals surface area contributed by atoms with Crippen molar-refractivity contribution in [2.75, 3.05) is 18.4 Å². The number of hydrogen-bond donors (Lipinski definition) is 1. The molecule has 0 aliphatic carbocycles. The van der Waals surface area contributed by atoms with E-state index in [0.29, 0.717) is 28.2 Å². The Hall–Kier alpha value is -1.26. The highest BCUT2D eigenvalue weighted by atomic mass is 35.5. The number of amides is 1. The van der Waals surface area contributed by atoms with E-state index in [-0.39, 0.29) is 11.8 Å². The van der Waals surface area contributed by atoms with E-state index in [1.165, 1.54) is 0 Å². The smallest absolute Gasteiger partial charge is 0.228 e. The Morgan fingerprint density at radius 3 is 2.50 bits per heavy atom. The molecule has 1 aliphatic rings. The molecular formula is C20H21Cl3N2O. The van der Waals surface area contributed by atoms with E-state index >= 15 is 0 Å². The highest BCUT2D eigenvalue weighted by Crippen LogP contribution is 2.29. The van der Waals surface area contributed by atoms with E-state index < -0.39 is 0 Å². The minimum absolute atomic E-state index is 0.0327. The lowest BCUT2D eigenvalue weighted by atomic mass is 9.96. The largest absolute Gasteiger partial charge is 0.326 e. The van der Waals surface area contributed by atoms with E-state index in [4.69, 9.17) is 34.8 Å². The van der Waals surface area contributed by atoms with Crippen molar-refractivity contribution in [3.05, 3.63) is 62.6 Å². The van der Waals surface area contributed by atoms with Crippen molar-refractivity contribution in [3.8, 4) is 0 Å². The first-order valence-electron chi connectivity index (χ1n) is 8.67. The first kappa shape index (κ1) is 19.5. The van der Waals surface area contributed by atoms with E-state index in [0.717, 1.165) is 36.2 Å². The van der Waals surface area contributed by atoms with Gasteiger partial charge in [0.1, 0.15) is 0 Å². The lowest BCUT2D eigenvalue weighted by Crippen LogP contribution is -2.40. The van der Waals surface area contributed by atoms with Crippen LogP contribution < -0.4 is 5.32 Å². The monoisotopic (exact) mass is 410 g/mol. The number of carbonyl (C=O) groups is 1. The molecule has 1 amide bonds. The molecule has 3 nitrogen and oxygen atoms in total. The summed E-state index contributed by atoms with van der Waals surface area (Å²) < 4.78 is 0. The minimum Gasteiger partial charge on any atom is -0.326 e. The summed E-state index contributed by atoms with van der Waals surface area (Å²) in [6.45, 7) is 4.18. The Balaban J connectivity index is 1.66. The SMILES string of the molecule is Cc1c(Cl)cccc1NC(=O)[C@@H]1CCCN(Cc2c(Cl)cccc2Cl)C1. The molecule has 2 aromatic rings. The van der Waals surface area contributed by atoms with Gasteiger partial charge in [0.05, 0.1) is 5.92 Å². The van der Waals surface area contributed by atoms with Crippen LogP contribution in [0.2, 0.25) is 15.1 Å². The number of nitrogens with one attached hydrogen (secondary N) is 1. The summed E-state index contributed by atoms with van der Waals surface area (Å²) in [5, 5.41) is 5.01. The van der Waals surface area contributed by atoms with Gasteiger partial charge in [-0.1, -0.05) is 46.9 Å². The molecule has 1 saturated heterocycles. The van der Waals surface area contributed by atoms with Crippen molar-refractivity contribution < 1.29 is 4.79 Å². The van der Waals surface area contributed by atoms with Gasteiger partial charge < -0.3 is 5.32 Å². The van der Waals surface area contributed by atoms with Crippen molar-refractivity contribution in [3.63, 3.8) is 0 Å². The summed E-state index contributed by atoms with van der Waals surface area (Å²) in [4.78, 5) is 15.0. The molecule has 0 spiro atoms. The number of likely N-dealkylation sites (tertiary alicyclic amines) is 1. The normalized spacial score (nSPS) is 17.9. The summed E-state index contributed by atoms with van der Waals surface area (Å²) in [5.41, 5.74) is 2.58. The van der Waals surface area contributed by atoms with Crippen LogP contribution in [-0.4, -0.2) is 23.9 Å². The predicted molar refractivity (Wildman–Crippen MR) is 109 cm³/mol. The molecular weight excluding hydrogens is 391 g/mol. The number of halogens is 3. The van der Waals surface area contributed by atoms with Crippen molar-refractivity contribution >= 4 is 46.4 Å². The third kappa shape index (κ3) is 4.52. The molecule has 1 atom stereocenters. The Kier molecular flexibility index (Phi) is 6.46. The second kappa shape index (κ2) is 8.62. The van der Waals surface area contributed by atoms with Crippen molar-refractivity contribution in [1.29, 1.82) is 0 Å². The molecule has 1 heterocycles. The summed E-state index contributed by atoms with van der Waals surface area (Å²) in [7, 11) is 0. The Morgan fingerprint density at radius 1 is 1.12 bits per heavy atom. The summed E-state index contributed by atoms with van der Waals surface area (Å²) in [5.74, 6) is -0.0336. The molecule has 1 fully saturated rings. The van der Waals surface area contributed by atoms with E-state index in [2.05, 4.69) is 10.2 Å². The quantitative estimate of drug-likeness (QED) is 0.689. The molecule has 138 valence electrons. The van der Waals surface area contributed by atoms with Crippen LogP contribution in [0, 0.1) is 12.8 Å². The van der Waals surface area contributed by atoms with Crippen LogP contribution in [0.4, 0.5) is 5.69 Å². The topological polar surface area (TPSA) is 32.3 Å². The fraction of sp³-hybridized carbons (Fsp3) is 0.350. The third-order valence-corrected chi connectivity index (χ3v) is 5.96. The number of piperidine rings is 1. The lowest BCUT2D eigenvalue weighted by Gasteiger charge is -2.32. The van der Waals surface area contributed by atoms with Gasteiger partial charge >= 0.3 is 0 Å². The summed E-state index contributed by atoms with van der Waals surface area (Å²) in [6.07, 6.45) is 1.84. The predicted octanol–water partition coefficient (Wildman–Crippen LogP) is 5.81. The van der Waals surface area contributed by atoms with Gasteiger partial charge in [0.25, 0.3) is 0 Å². The lowest BCUT2D eigenvalue weighted by molar-refractivity contribution is -0.121. The van der Waals surface area contributed by atoms with Gasteiger partial charge in [-0.15, -0.1) is 0 Å². The first-order chi connectivity index (χ1) is 12.5. The van der Waals surface area contributed by atoms with Crippen LogP contribution in [0.5, 0.6) is 0 Å². The number of rotatable bonds is 4. The first-order valence-corrected chi connectivity index (χ1v) is 9.80. The number of hydrogen-bond acceptors (Lipinski definition) is 2. The van der Waals surface area contributed by atoms with Crippen LogP contribution in [0.3, 0.4) is 0 Å². The second-order valence-corrected chi connectivity index (χ2v) is 7.90. The van der Waals surface area contributed by atoms with Gasteiger partial charge in [0, 0.05) is 39.4 Å². The average molecular weight is 412 g/mol. The maximum atomic E-state index is 12.7. The molecule has 6 heteroatoms. The number of carbonyl (C=O) groups excluding carboxylic acids is 1. The third-order valence-electron chi connectivity index (χ3n) is 4.85. The summed E-state index contributed by atoms with van der Waals surface area (Å²) >= 11 is 18.7. The van der Waals surface area contributed by atoms with E-state index in [9.17, 15) is 4.79 Å². The zero-order valence-corrected chi connectivity index (χ0v) is 16.8. The molecule has 0 unspecified atom stereocenters. The molecule has 2 aromatic carbocycles. The molecule has 26 heavy (non-hydrogen) atoms. The van der Waals surface area contributed by atoms with Gasteiger partial charge in [-0.2, -0.15) is 0 Å². The molecule has 1 aliphatic heterocycles. The van der Waals surface area contributed by atoms with Gasteiger partial charge in [-0.3, -0.25) is 9.69 Å². The zero-order valence-electron chi connectivity index (χ0n) is 14.6. The molecule has 0 radical (unpaired) electrons. The maximum absolute atomic E-state index is 12.7. The van der Waals surface area contributed by atoms with Crippen LogP contribution in [0.15, 0.2) is 36.4 Å². The van der Waals surface area contributed by atoms with E-state index in [1.54, 1.807) is 0 Å². The number of benzene rings is 2. The Bertz CT molecular complexity index is 789. The number of nitrogens with zero attached hydrogens (tertiary/aromatic N) is 1. The molecule has 3 rings (SSSR count). The molecule has 1 N–H and O–H groups in total. The van der Waals surface area contributed by atoms with E-state index in [1.807, 2.05) is 43.3 Å². The molecule has 0 saturated carbocycles. The van der Waals surface area contributed by atoms with Gasteiger partial charge in [-0.05, 0) is 56.1 Å². The molecule has 0 aromatic heterocycles. The fourth-order valence-corrected chi connectivity index (χ4v) is 3.99. The van der Waals surface area contributed by atoms with Crippen LogP contribution in [-0.2, 0) is 11.3 Å². The Labute approximate surface area is 169 Å².